The molecular formula is C15H23Cl3N2O2. The Hall–Kier alpha value is -0.520. The molecule has 0 bridgehead atoms. The fourth-order valence-electron chi connectivity index (χ4n) is 1.98. The van der Waals surface area contributed by atoms with E-state index in [0.717, 1.165) is 5.56 Å². The second kappa shape index (κ2) is 10.3. The molecule has 0 heterocycles. The lowest BCUT2D eigenvalue weighted by atomic mass is 9.95. The predicted molar refractivity (Wildman–Crippen MR) is 94.4 cm³/mol. The molecule has 0 aliphatic carbocycles. The Balaban J connectivity index is 0.00000441. The lowest BCUT2D eigenvalue weighted by molar-refractivity contribution is -0.121. The Bertz CT molecular complexity index is 482. The molecule has 7 heteroatoms. The second-order valence-electron chi connectivity index (χ2n) is 5.51. The number of carbonyl (C=O) groups is 1. The van der Waals surface area contributed by atoms with Gasteiger partial charge in [-0.2, -0.15) is 0 Å². The van der Waals surface area contributed by atoms with Crippen molar-refractivity contribution in [3.05, 3.63) is 33.8 Å². The molecule has 0 atom stereocenters. The summed E-state index contributed by atoms with van der Waals surface area (Å²) >= 11 is 12.0. The van der Waals surface area contributed by atoms with Crippen LogP contribution in [0.2, 0.25) is 10.0 Å². The first-order chi connectivity index (χ1) is 9.84. The van der Waals surface area contributed by atoms with Crippen molar-refractivity contribution < 1.29 is 9.53 Å². The number of carbonyl (C=O) groups excluding carboxylic acids is 1. The fraction of sp³-hybridized carbons (Fsp3) is 0.533. The molecule has 0 aliphatic rings. The van der Waals surface area contributed by atoms with Crippen LogP contribution < -0.4 is 10.6 Å². The third-order valence-electron chi connectivity index (χ3n) is 2.89. The number of methoxy groups -OCH3 is 1. The second-order valence-corrected chi connectivity index (χ2v) is 6.36. The molecule has 22 heavy (non-hydrogen) atoms. The highest BCUT2D eigenvalue weighted by atomic mass is 35.5. The Labute approximate surface area is 148 Å². The molecule has 1 amide bonds. The summed E-state index contributed by atoms with van der Waals surface area (Å²) in [6.45, 7) is 5.42. The SMILES string of the molecule is COCCNCC(=O)NC(C)(C)Cc1ccc(Cl)cc1Cl.Cl. The van der Waals surface area contributed by atoms with Crippen LogP contribution in [0, 0.1) is 0 Å². The number of nitrogens with one attached hydrogen (secondary N) is 2. The highest BCUT2D eigenvalue weighted by Crippen LogP contribution is 2.24. The van der Waals surface area contributed by atoms with E-state index in [9.17, 15) is 4.79 Å². The Kier molecular flexibility index (Phi) is 10.0. The number of halogens is 3. The van der Waals surface area contributed by atoms with Crippen LogP contribution in [-0.2, 0) is 16.0 Å². The summed E-state index contributed by atoms with van der Waals surface area (Å²) < 4.78 is 4.91. The molecule has 1 aromatic rings. The van der Waals surface area contributed by atoms with Gasteiger partial charge in [0.1, 0.15) is 0 Å². The number of amides is 1. The lowest BCUT2D eigenvalue weighted by Crippen LogP contribution is -2.48. The van der Waals surface area contributed by atoms with Gasteiger partial charge in [0.25, 0.3) is 0 Å². The molecule has 0 aliphatic heterocycles. The van der Waals surface area contributed by atoms with Crippen LogP contribution in [0.4, 0.5) is 0 Å². The number of hydrogen-bond acceptors (Lipinski definition) is 3. The van der Waals surface area contributed by atoms with Crippen molar-refractivity contribution in [2.75, 3.05) is 26.8 Å². The molecule has 0 unspecified atom stereocenters. The van der Waals surface area contributed by atoms with Crippen LogP contribution in [0.25, 0.3) is 0 Å². The molecule has 2 N–H and O–H groups in total. The summed E-state index contributed by atoms with van der Waals surface area (Å²) in [6.07, 6.45) is 0.632. The molecule has 0 aromatic heterocycles. The highest BCUT2D eigenvalue weighted by Gasteiger charge is 2.22. The van der Waals surface area contributed by atoms with Crippen LogP contribution in [-0.4, -0.2) is 38.3 Å². The maximum atomic E-state index is 11.9. The maximum Gasteiger partial charge on any atom is 0.234 e. The summed E-state index contributed by atoms with van der Waals surface area (Å²) in [7, 11) is 1.63. The quantitative estimate of drug-likeness (QED) is 0.692. The van der Waals surface area contributed by atoms with Gasteiger partial charge in [-0.25, -0.2) is 0 Å². The topological polar surface area (TPSA) is 50.4 Å². The minimum atomic E-state index is -0.391. The lowest BCUT2D eigenvalue weighted by Gasteiger charge is -2.27. The first-order valence-corrected chi connectivity index (χ1v) is 7.54. The summed E-state index contributed by atoms with van der Waals surface area (Å²) in [6, 6.07) is 5.39. The predicted octanol–water partition coefficient (Wildman–Crippen LogP) is 3.09. The van der Waals surface area contributed by atoms with Crippen molar-refractivity contribution in [1.82, 2.24) is 10.6 Å². The van der Waals surface area contributed by atoms with Crippen LogP contribution in [0.3, 0.4) is 0 Å². The molecule has 0 fully saturated rings. The molecule has 0 radical (unpaired) electrons. The average Bonchev–Trinajstić information content (AvgIpc) is 2.37. The van der Waals surface area contributed by atoms with Gasteiger partial charge < -0.3 is 15.4 Å². The third kappa shape index (κ3) is 8.20. The maximum absolute atomic E-state index is 11.9. The van der Waals surface area contributed by atoms with Crippen molar-refractivity contribution in [3.63, 3.8) is 0 Å². The van der Waals surface area contributed by atoms with Gasteiger partial charge in [-0.1, -0.05) is 29.3 Å². The van der Waals surface area contributed by atoms with Gasteiger partial charge in [-0.05, 0) is 38.0 Å². The highest BCUT2D eigenvalue weighted by molar-refractivity contribution is 6.35. The van der Waals surface area contributed by atoms with Crippen molar-refractivity contribution in [2.24, 2.45) is 0 Å². The molecule has 1 rings (SSSR count). The van der Waals surface area contributed by atoms with E-state index in [4.69, 9.17) is 27.9 Å². The summed E-state index contributed by atoms with van der Waals surface area (Å²) in [5.41, 5.74) is 0.566. The third-order valence-corrected chi connectivity index (χ3v) is 3.48. The summed E-state index contributed by atoms with van der Waals surface area (Å²) in [4.78, 5) is 11.9. The van der Waals surface area contributed by atoms with E-state index in [1.807, 2.05) is 19.9 Å². The van der Waals surface area contributed by atoms with E-state index in [1.54, 1.807) is 19.2 Å². The average molecular weight is 370 g/mol. The normalized spacial score (nSPS) is 11.0. The van der Waals surface area contributed by atoms with Crippen LogP contribution >= 0.6 is 35.6 Å². The Morgan fingerprint density at radius 1 is 1.32 bits per heavy atom. The van der Waals surface area contributed by atoms with E-state index in [2.05, 4.69) is 10.6 Å². The zero-order valence-electron chi connectivity index (χ0n) is 13.0. The molecule has 4 nitrogen and oxygen atoms in total. The molecule has 0 saturated heterocycles. The molecule has 1 aromatic carbocycles. The number of ether oxygens (including phenoxy) is 1. The van der Waals surface area contributed by atoms with E-state index in [0.29, 0.717) is 29.6 Å². The van der Waals surface area contributed by atoms with Gasteiger partial charge in [0.15, 0.2) is 0 Å². The van der Waals surface area contributed by atoms with E-state index in [-0.39, 0.29) is 24.9 Å². The largest absolute Gasteiger partial charge is 0.383 e. The van der Waals surface area contributed by atoms with E-state index >= 15 is 0 Å². The van der Waals surface area contributed by atoms with Crippen LogP contribution in [0.15, 0.2) is 18.2 Å². The van der Waals surface area contributed by atoms with Gasteiger partial charge in [-0.3, -0.25) is 4.79 Å². The van der Waals surface area contributed by atoms with Crippen molar-refractivity contribution in [3.8, 4) is 0 Å². The summed E-state index contributed by atoms with van der Waals surface area (Å²) in [5.74, 6) is -0.0545. The van der Waals surface area contributed by atoms with Crippen LogP contribution in [0.1, 0.15) is 19.4 Å². The molecule has 0 saturated carbocycles. The van der Waals surface area contributed by atoms with Gasteiger partial charge in [0.05, 0.1) is 13.2 Å². The van der Waals surface area contributed by atoms with Gasteiger partial charge in [-0.15, -0.1) is 12.4 Å². The first kappa shape index (κ1) is 21.5. The van der Waals surface area contributed by atoms with Gasteiger partial charge in [0, 0.05) is 29.2 Å². The Morgan fingerprint density at radius 2 is 2.00 bits per heavy atom. The molecule has 126 valence electrons. The van der Waals surface area contributed by atoms with Crippen LogP contribution in [0.5, 0.6) is 0 Å². The number of hydrogen-bond donors (Lipinski definition) is 2. The standard InChI is InChI=1S/C15H22Cl2N2O2.ClH/c1-15(2,19-14(20)10-18-6-7-21-3)9-11-4-5-12(16)8-13(11)17;/h4-5,8,18H,6-7,9-10H2,1-3H3,(H,19,20);1H. The smallest absolute Gasteiger partial charge is 0.234 e. The van der Waals surface area contributed by atoms with E-state index < -0.39 is 5.54 Å². The molecular weight excluding hydrogens is 347 g/mol. The minimum Gasteiger partial charge on any atom is -0.383 e. The summed E-state index contributed by atoms with van der Waals surface area (Å²) in [5, 5.41) is 7.22. The van der Waals surface area contributed by atoms with Gasteiger partial charge >= 0.3 is 0 Å². The van der Waals surface area contributed by atoms with Crippen molar-refractivity contribution in [2.45, 2.75) is 25.8 Å². The number of benzene rings is 1. The van der Waals surface area contributed by atoms with Crippen molar-refractivity contribution in [1.29, 1.82) is 0 Å². The number of rotatable bonds is 8. The van der Waals surface area contributed by atoms with E-state index in [1.165, 1.54) is 0 Å². The Morgan fingerprint density at radius 3 is 2.59 bits per heavy atom. The molecule has 0 spiro atoms. The van der Waals surface area contributed by atoms with Gasteiger partial charge in [0.2, 0.25) is 5.91 Å². The zero-order valence-corrected chi connectivity index (χ0v) is 15.4. The first-order valence-electron chi connectivity index (χ1n) is 6.78. The fourth-order valence-corrected chi connectivity index (χ4v) is 2.46. The monoisotopic (exact) mass is 368 g/mol. The van der Waals surface area contributed by atoms with Crippen molar-refractivity contribution >= 4 is 41.5 Å². The minimum absolute atomic E-state index is 0. The zero-order chi connectivity index (χ0) is 15.9.